The number of aromatic hydroxyl groups is 1. The van der Waals surface area contributed by atoms with Gasteiger partial charge < -0.3 is 14.6 Å². The zero-order chi connectivity index (χ0) is 17.0. The molecule has 8 heteroatoms. The van der Waals surface area contributed by atoms with Gasteiger partial charge >= 0.3 is 5.97 Å². The van der Waals surface area contributed by atoms with Crippen molar-refractivity contribution in [2.75, 3.05) is 20.3 Å². The molecule has 1 saturated heterocycles. The summed E-state index contributed by atoms with van der Waals surface area (Å²) in [6, 6.07) is 4.60. The number of amides is 2. The summed E-state index contributed by atoms with van der Waals surface area (Å²) in [5.74, 6) is -0.980. The fourth-order valence-electron chi connectivity index (χ4n) is 1.92. The maximum absolute atomic E-state index is 12.2. The van der Waals surface area contributed by atoms with Crippen LogP contribution in [0.4, 0.5) is 4.79 Å². The van der Waals surface area contributed by atoms with Gasteiger partial charge in [0, 0.05) is 0 Å². The van der Waals surface area contributed by atoms with E-state index in [0.29, 0.717) is 11.3 Å². The molecule has 2 amide bonds. The van der Waals surface area contributed by atoms with Gasteiger partial charge in [-0.2, -0.15) is 0 Å². The molecule has 122 valence electrons. The van der Waals surface area contributed by atoms with Crippen LogP contribution in [-0.2, 0) is 14.3 Å². The molecule has 0 spiro atoms. The highest BCUT2D eigenvalue weighted by Gasteiger charge is 2.36. The van der Waals surface area contributed by atoms with Crippen molar-refractivity contribution in [3.05, 3.63) is 28.7 Å². The van der Waals surface area contributed by atoms with Crippen LogP contribution in [0.25, 0.3) is 6.08 Å². The number of phenols is 1. The molecule has 0 saturated carbocycles. The van der Waals surface area contributed by atoms with Crippen molar-refractivity contribution in [3.8, 4) is 11.5 Å². The molecule has 1 aromatic carbocycles. The van der Waals surface area contributed by atoms with Crippen LogP contribution in [0, 0.1) is 0 Å². The Morgan fingerprint density at radius 1 is 1.39 bits per heavy atom. The van der Waals surface area contributed by atoms with E-state index in [0.717, 1.165) is 16.7 Å². The molecule has 0 atom stereocenters. The van der Waals surface area contributed by atoms with E-state index >= 15 is 0 Å². The summed E-state index contributed by atoms with van der Waals surface area (Å²) in [5, 5.41) is 9.19. The number of phenolic OH excluding ortho intramolecular Hbond substituents is 1. The largest absolute Gasteiger partial charge is 0.504 e. The molecule has 7 nitrogen and oxygen atoms in total. The van der Waals surface area contributed by atoms with E-state index in [1.54, 1.807) is 19.1 Å². The molecule has 1 aliphatic heterocycles. The number of imide groups is 1. The van der Waals surface area contributed by atoms with Crippen molar-refractivity contribution in [2.24, 2.45) is 0 Å². The van der Waals surface area contributed by atoms with E-state index in [4.69, 9.17) is 9.47 Å². The number of rotatable bonds is 5. The Balaban J connectivity index is 2.18. The summed E-state index contributed by atoms with van der Waals surface area (Å²) in [5.41, 5.74) is 0.532. The normalized spacial score (nSPS) is 16.1. The predicted octanol–water partition coefficient (Wildman–Crippen LogP) is 2.00. The zero-order valence-corrected chi connectivity index (χ0v) is 13.4. The number of methoxy groups -OCH3 is 1. The highest BCUT2D eigenvalue weighted by atomic mass is 32.2. The Morgan fingerprint density at radius 3 is 2.74 bits per heavy atom. The molecule has 0 unspecified atom stereocenters. The first-order valence-corrected chi connectivity index (χ1v) is 7.56. The number of hydrogen-bond donors (Lipinski definition) is 1. The van der Waals surface area contributed by atoms with Crippen LogP contribution in [0.15, 0.2) is 23.1 Å². The van der Waals surface area contributed by atoms with E-state index < -0.39 is 23.7 Å². The third kappa shape index (κ3) is 3.84. The number of benzene rings is 1. The van der Waals surface area contributed by atoms with Crippen molar-refractivity contribution in [2.45, 2.75) is 6.92 Å². The van der Waals surface area contributed by atoms with Gasteiger partial charge in [0.15, 0.2) is 11.5 Å². The van der Waals surface area contributed by atoms with Gasteiger partial charge in [-0.05, 0) is 42.5 Å². The predicted molar refractivity (Wildman–Crippen MR) is 84.0 cm³/mol. The second-order valence-electron chi connectivity index (χ2n) is 4.50. The lowest BCUT2D eigenvalue weighted by Gasteiger charge is -2.10. The number of hydrogen-bond acceptors (Lipinski definition) is 7. The molecule has 1 heterocycles. The minimum atomic E-state index is -0.641. The van der Waals surface area contributed by atoms with E-state index in [1.165, 1.54) is 19.3 Å². The molecule has 0 radical (unpaired) electrons. The van der Waals surface area contributed by atoms with E-state index in [9.17, 15) is 19.5 Å². The van der Waals surface area contributed by atoms with Gasteiger partial charge in [-0.1, -0.05) is 6.07 Å². The third-order valence-corrected chi connectivity index (χ3v) is 3.87. The van der Waals surface area contributed by atoms with Gasteiger partial charge in [0.2, 0.25) is 0 Å². The monoisotopic (exact) mass is 337 g/mol. The van der Waals surface area contributed by atoms with Crippen LogP contribution in [0.2, 0.25) is 0 Å². The second-order valence-corrected chi connectivity index (χ2v) is 5.50. The summed E-state index contributed by atoms with van der Waals surface area (Å²) in [6.07, 6.45) is 1.47. The Bertz CT molecular complexity index is 685. The Kier molecular flexibility index (Phi) is 5.28. The van der Waals surface area contributed by atoms with Crippen molar-refractivity contribution in [3.63, 3.8) is 0 Å². The van der Waals surface area contributed by atoms with E-state index in [2.05, 4.69) is 0 Å². The van der Waals surface area contributed by atoms with Crippen molar-refractivity contribution < 1.29 is 29.0 Å². The van der Waals surface area contributed by atoms with Crippen LogP contribution >= 0.6 is 11.8 Å². The summed E-state index contributed by atoms with van der Waals surface area (Å²) >= 11 is 0.730. The first kappa shape index (κ1) is 16.9. The fraction of sp³-hybridized carbons (Fsp3) is 0.267. The van der Waals surface area contributed by atoms with Crippen LogP contribution in [0.5, 0.6) is 11.5 Å². The first-order valence-electron chi connectivity index (χ1n) is 6.74. The maximum Gasteiger partial charge on any atom is 0.326 e. The molecular formula is C15H15NO6S. The molecular weight excluding hydrogens is 322 g/mol. The van der Waals surface area contributed by atoms with Crippen molar-refractivity contribution in [1.82, 2.24) is 4.90 Å². The average Bonchev–Trinajstić information content (AvgIpc) is 2.75. The fourth-order valence-corrected chi connectivity index (χ4v) is 2.76. The van der Waals surface area contributed by atoms with Gasteiger partial charge in [0.25, 0.3) is 11.1 Å². The molecule has 1 aliphatic rings. The quantitative estimate of drug-likeness (QED) is 0.649. The molecule has 0 aromatic heterocycles. The van der Waals surface area contributed by atoms with Crippen molar-refractivity contribution in [1.29, 1.82) is 0 Å². The smallest absolute Gasteiger partial charge is 0.326 e. The van der Waals surface area contributed by atoms with E-state index in [1.807, 2.05) is 0 Å². The molecule has 0 bridgehead atoms. The Labute approximate surface area is 136 Å². The lowest BCUT2D eigenvalue weighted by molar-refractivity contribution is -0.145. The van der Waals surface area contributed by atoms with Gasteiger partial charge in [0.1, 0.15) is 6.54 Å². The summed E-state index contributed by atoms with van der Waals surface area (Å²) in [6.45, 7) is 1.40. The van der Waals surface area contributed by atoms with Crippen molar-refractivity contribution >= 4 is 35.0 Å². The van der Waals surface area contributed by atoms with Gasteiger partial charge in [-0.3, -0.25) is 19.3 Å². The van der Waals surface area contributed by atoms with Crippen LogP contribution in [-0.4, -0.2) is 47.4 Å². The van der Waals surface area contributed by atoms with Gasteiger partial charge in [-0.25, -0.2) is 0 Å². The summed E-state index contributed by atoms with van der Waals surface area (Å²) in [7, 11) is 1.43. The van der Waals surface area contributed by atoms with E-state index in [-0.39, 0.29) is 17.3 Å². The molecule has 1 fully saturated rings. The number of carbonyl (C=O) groups excluding carboxylic acids is 3. The number of carbonyl (C=O) groups is 3. The highest BCUT2D eigenvalue weighted by Crippen LogP contribution is 2.33. The highest BCUT2D eigenvalue weighted by molar-refractivity contribution is 8.18. The first-order chi connectivity index (χ1) is 11.0. The maximum atomic E-state index is 12.2. The van der Waals surface area contributed by atoms with Crippen LogP contribution in [0.3, 0.4) is 0 Å². The third-order valence-electron chi connectivity index (χ3n) is 2.97. The SMILES string of the molecule is CCOC(=O)CN1C(=O)S/C(=C\c2ccc(OC)c(O)c2)C1=O. The second kappa shape index (κ2) is 7.19. The lowest BCUT2D eigenvalue weighted by Crippen LogP contribution is -2.34. The molecule has 1 aromatic rings. The number of nitrogens with zero attached hydrogens (tertiary/aromatic N) is 1. The topological polar surface area (TPSA) is 93.1 Å². The standard InChI is InChI=1S/C15H15NO6S/c1-3-22-13(18)8-16-14(19)12(23-15(16)20)7-9-4-5-11(21-2)10(17)6-9/h4-7,17H,3,8H2,1-2H3/b12-7-. The summed E-state index contributed by atoms with van der Waals surface area (Å²) < 4.78 is 9.67. The lowest BCUT2D eigenvalue weighted by atomic mass is 10.2. The Morgan fingerprint density at radius 2 is 2.13 bits per heavy atom. The zero-order valence-electron chi connectivity index (χ0n) is 12.6. The minimum absolute atomic E-state index is 0.0768. The molecule has 23 heavy (non-hydrogen) atoms. The van der Waals surface area contributed by atoms with Crippen LogP contribution in [0.1, 0.15) is 12.5 Å². The average molecular weight is 337 g/mol. The van der Waals surface area contributed by atoms with Gasteiger partial charge in [-0.15, -0.1) is 0 Å². The number of thioether (sulfide) groups is 1. The Hall–Kier alpha value is -2.48. The molecule has 0 aliphatic carbocycles. The van der Waals surface area contributed by atoms with Crippen LogP contribution < -0.4 is 4.74 Å². The molecule has 1 N–H and O–H groups in total. The molecule has 2 rings (SSSR count). The number of ether oxygens (including phenoxy) is 2. The number of esters is 1. The minimum Gasteiger partial charge on any atom is -0.504 e. The van der Waals surface area contributed by atoms with Gasteiger partial charge in [0.05, 0.1) is 18.6 Å². The summed E-state index contributed by atoms with van der Waals surface area (Å²) in [4.78, 5) is 36.5.